The standard InChI is InChI=1S/C14H28NO6P/c1-3-5-11-20-22(19,21-12-6-4-2)13-9-7-8-10-14(13,16)15(17)18/h13,16H,3-12H2,1-2H3. The summed E-state index contributed by atoms with van der Waals surface area (Å²) in [6.45, 7) is 4.40. The van der Waals surface area contributed by atoms with Crippen LogP contribution in [-0.4, -0.2) is 34.6 Å². The Morgan fingerprint density at radius 1 is 1.23 bits per heavy atom. The van der Waals surface area contributed by atoms with E-state index in [1.165, 1.54) is 0 Å². The number of nitrogens with zero attached hydrogens (tertiary/aromatic N) is 1. The zero-order chi connectivity index (χ0) is 16.6. The van der Waals surface area contributed by atoms with Crippen LogP contribution in [0.3, 0.4) is 0 Å². The Bertz CT molecular complexity index is 391. The van der Waals surface area contributed by atoms with Gasteiger partial charge in [0.25, 0.3) is 0 Å². The smallest absolute Gasteiger partial charge is 0.330 e. The molecule has 2 unspecified atom stereocenters. The van der Waals surface area contributed by atoms with E-state index in [9.17, 15) is 19.8 Å². The van der Waals surface area contributed by atoms with Crippen LogP contribution in [0.4, 0.5) is 0 Å². The summed E-state index contributed by atoms with van der Waals surface area (Å²) >= 11 is 0. The molecule has 2 atom stereocenters. The summed E-state index contributed by atoms with van der Waals surface area (Å²) in [6.07, 6.45) is 4.61. The maximum absolute atomic E-state index is 13.1. The third kappa shape index (κ3) is 4.75. The fourth-order valence-electron chi connectivity index (χ4n) is 2.63. The third-order valence-corrected chi connectivity index (χ3v) is 6.56. The van der Waals surface area contributed by atoms with E-state index in [0.29, 0.717) is 25.7 Å². The van der Waals surface area contributed by atoms with Crippen LogP contribution in [0.15, 0.2) is 0 Å². The molecule has 8 heteroatoms. The van der Waals surface area contributed by atoms with Crippen molar-refractivity contribution in [2.45, 2.75) is 76.6 Å². The lowest BCUT2D eigenvalue weighted by Gasteiger charge is -2.36. The molecule has 0 bridgehead atoms. The molecule has 1 aliphatic rings. The van der Waals surface area contributed by atoms with E-state index in [1.54, 1.807) is 0 Å². The van der Waals surface area contributed by atoms with Gasteiger partial charge in [-0.15, -0.1) is 0 Å². The number of unbranched alkanes of at least 4 members (excludes halogenated alkanes) is 2. The first-order chi connectivity index (χ1) is 10.4. The van der Waals surface area contributed by atoms with E-state index in [-0.39, 0.29) is 26.1 Å². The van der Waals surface area contributed by atoms with Gasteiger partial charge in [0.05, 0.1) is 18.1 Å². The normalized spacial score (nSPS) is 26.0. The van der Waals surface area contributed by atoms with Gasteiger partial charge in [0, 0.05) is 6.42 Å². The lowest BCUT2D eigenvalue weighted by Crippen LogP contribution is -2.51. The Hall–Kier alpha value is -0.490. The molecule has 0 amide bonds. The lowest BCUT2D eigenvalue weighted by atomic mass is 9.92. The monoisotopic (exact) mass is 337 g/mol. The van der Waals surface area contributed by atoms with Gasteiger partial charge in [0.2, 0.25) is 0 Å². The van der Waals surface area contributed by atoms with Gasteiger partial charge in [0.15, 0.2) is 5.66 Å². The summed E-state index contributed by atoms with van der Waals surface area (Å²) in [6, 6.07) is 0. The van der Waals surface area contributed by atoms with E-state index >= 15 is 0 Å². The molecular formula is C14H28NO6P. The highest BCUT2D eigenvalue weighted by molar-refractivity contribution is 7.54. The van der Waals surface area contributed by atoms with Gasteiger partial charge >= 0.3 is 13.3 Å². The Balaban J connectivity index is 2.95. The molecule has 22 heavy (non-hydrogen) atoms. The van der Waals surface area contributed by atoms with Crippen LogP contribution >= 0.6 is 7.60 Å². The summed E-state index contributed by atoms with van der Waals surface area (Å²) in [4.78, 5) is 10.6. The highest BCUT2D eigenvalue weighted by Gasteiger charge is 2.60. The van der Waals surface area contributed by atoms with E-state index in [1.807, 2.05) is 13.8 Å². The van der Waals surface area contributed by atoms with Gasteiger partial charge in [-0.3, -0.25) is 14.7 Å². The van der Waals surface area contributed by atoms with Crippen molar-refractivity contribution in [2.24, 2.45) is 0 Å². The average Bonchev–Trinajstić information content (AvgIpc) is 2.48. The Morgan fingerprint density at radius 3 is 2.23 bits per heavy atom. The van der Waals surface area contributed by atoms with Crippen LogP contribution in [0.2, 0.25) is 0 Å². The Morgan fingerprint density at radius 2 is 1.77 bits per heavy atom. The zero-order valence-corrected chi connectivity index (χ0v) is 14.4. The highest BCUT2D eigenvalue weighted by atomic mass is 31.2. The molecule has 1 N–H and O–H groups in total. The quantitative estimate of drug-likeness (QED) is 0.214. The maximum atomic E-state index is 13.1. The molecule has 0 radical (unpaired) electrons. The minimum atomic E-state index is -3.72. The number of nitro groups is 1. The van der Waals surface area contributed by atoms with Crippen LogP contribution in [-0.2, 0) is 13.6 Å². The van der Waals surface area contributed by atoms with Crippen LogP contribution in [0.25, 0.3) is 0 Å². The van der Waals surface area contributed by atoms with Gasteiger partial charge in [-0.25, -0.2) is 0 Å². The van der Waals surface area contributed by atoms with Crippen molar-refractivity contribution in [2.75, 3.05) is 13.2 Å². The van der Waals surface area contributed by atoms with E-state index in [2.05, 4.69) is 0 Å². The number of rotatable bonds is 10. The molecule has 1 saturated carbocycles. The van der Waals surface area contributed by atoms with Gasteiger partial charge in [0.1, 0.15) is 0 Å². The van der Waals surface area contributed by atoms with E-state index in [0.717, 1.165) is 12.8 Å². The van der Waals surface area contributed by atoms with E-state index in [4.69, 9.17) is 9.05 Å². The first-order valence-electron chi connectivity index (χ1n) is 8.16. The van der Waals surface area contributed by atoms with Crippen molar-refractivity contribution < 1.29 is 23.6 Å². The molecule has 1 aliphatic carbocycles. The number of hydrogen-bond donors (Lipinski definition) is 1. The first kappa shape index (κ1) is 19.6. The van der Waals surface area contributed by atoms with Crippen LogP contribution in [0, 0.1) is 10.1 Å². The highest BCUT2D eigenvalue weighted by Crippen LogP contribution is 2.60. The van der Waals surface area contributed by atoms with E-state index < -0.39 is 23.9 Å². The summed E-state index contributed by atoms with van der Waals surface area (Å²) in [7, 11) is -3.72. The molecule has 0 aromatic carbocycles. The lowest BCUT2D eigenvalue weighted by molar-refractivity contribution is -0.628. The largest absolute Gasteiger partial charge is 0.343 e. The number of hydrogen-bond acceptors (Lipinski definition) is 6. The Kier molecular flexibility index (Phi) is 7.97. The zero-order valence-electron chi connectivity index (χ0n) is 13.5. The molecule has 7 nitrogen and oxygen atoms in total. The second-order valence-electron chi connectivity index (χ2n) is 5.81. The molecule has 0 aliphatic heterocycles. The molecule has 0 spiro atoms. The van der Waals surface area contributed by atoms with Gasteiger partial charge in [-0.05, 0) is 25.7 Å². The number of aliphatic hydroxyl groups is 1. The molecule has 0 heterocycles. The van der Waals surface area contributed by atoms with Gasteiger partial charge in [-0.2, -0.15) is 0 Å². The first-order valence-corrected chi connectivity index (χ1v) is 9.77. The fraction of sp³-hybridized carbons (Fsp3) is 1.00. The van der Waals surface area contributed by atoms with Gasteiger partial charge in [-0.1, -0.05) is 33.1 Å². The predicted molar refractivity (Wildman–Crippen MR) is 83.5 cm³/mol. The topological polar surface area (TPSA) is 98.9 Å². The third-order valence-electron chi connectivity index (χ3n) is 4.04. The van der Waals surface area contributed by atoms with Crippen molar-refractivity contribution in [1.82, 2.24) is 0 Å². The molecule has 1 rings (SSSR count). The summed E-state index contributed by atoms with van der Waals surface area (Å²) in [5, 5.41) is 21.7. The Labute approximate surface area is 132 Å². The van der Waals surface area contributed by atoms with Gasteiger partial charge < -0.3 is 14.2 Å². The summed E-state index contributed by atoms with van der Waals surface area (Å²) in [5.74, 6) is 0. The van der Waals surface area contributed by atoms with Crippen LogP contribution in [0.1, 0.15) is 65.2 Å². The van der Waals surface area contributed by atoms with Crippen molar-refractivity contribution in [3.05, 3.63) is 10.1 Å². The second kappa shape index (κ2) is 8.96. The molecule has 130 valence electrons. The SMILES string of the molecule is CCCCOP(=O)(OCCCC)C1CCCCC1(O)[N+](=O)[O-]. The summed E-state index contributed by atoms with van der Waals surface area (Å²) < 4.78 is 24.1. The van der Waals surface area contributed by atoms with Crippen molar-refractivity contribution in [3.8, 4) is 0 Å². The fourth-order valence-corrected chi connectivity index (χ4v) is 5.06. The summed E-state index contributed by atoms with van der Waals surface area (Å²) in [5.41, 5.74) is -3.30. The molecule has 1 fully saturated rings. The molecule has 0 aromatic heterocycles. The predicted octanol–water partition coefficient (Wildman–Crippen LogP) is 3.72. The van der Waals surface area contributed by atoms with Crippen molar-refractivity contribution in [1.29, 1.82) is 0 Å². The maximum Gasteiger partial charge on any atom is 0.343 e. The minimum absolute atomic E-state index is 0.0110. The molecular weight excluding hydrogens is 309 g/mol. The van der Waals surface area contributed by atoms with Crippen LogP contribution < -0.4 is 0 Å². The average molecular weight is 337 g/mol. The van der Waals surface area contributed by atoms with Crippen molar-refractivity contribution in [3.63, 3.8) is 0 Å². The molecule has 0 aromatic rings. The van der Waals surface area contributed by atoms with Crippen molar-refractivity contribution >= 4 is 7.60 Å². The van der Waals surface area contributed by atoms with Crippen LogP contribution in [0.5, 0.6) is 0 Å². The molecule has 0 saturated heterocycles. The second-order valence-corrected chi connectivity index (χ2v) is 8.03. The minimum Gasteiger partial charge on any atom is -0.330 e.